The maximum absolute atomic E-state index is 12.4. The Morgan fingerprint density at radius 3 is 2.55 bits per heavy atom. The monoisotopic (exact) mass is 533 g/mol. The zero-order valence-corrected chi connectivity index (χ0v) is 20.5. The number of nitrogens with one attached hydrogen (secondary N) is 2. The number of nitrogens with zero attached hydrogens (tertiary/aromatic N) is 3. The highest BCUT2D eigenvalue weighted by Gasteiger charge is 2.15. The number of nitriles is 1. The van der Waals surface area contributed by atoms with Crippen LogP contribution in [0.4, 0.5) is 10.8 Å². The van der Waals surface area contributed by atoms with Crippen LogP contribution in [0.2, 0.25) is 10.0 Å². The number of thiazole rings is 2. The van der Waals surface area contributed by atoms with Crippen LogP contribution in [0.3, 0.4) is 0 Å². The number of hydrogen-bond acceptors (Lipinski definition) is 8. The molecule has 0 saturated carbocycles. The van der Waals surface area contributed by atoms with Crippen LogP contribution < -0.4 is 10.0 Å². The van der Waals surface area contributed by atoms with Crippen LogP contribution in [0.25, 0.3) is 16.8 Å². The highest BCUT2D eigenvalue weighted by atomic mass is 35.5. The van der Waals surface area contributed by atoms with Crippen molar-refractivity contribution in [2.24, 2.45) is 0 Å². The van der Waals surface area contributed by atoms with E-state index in [2.05, 4.69) is 26.1 Å². The average molecular weight is 534 g/mol. The van der Waals surface area contributed by atoms with E-state index in [1.54, 1.807) is 35.7 Å². The average Bonchev–Trinajstić information content (AvgIpc) is 3.49. The molecule has 2 aromatic carbocycles. The summed E-state index contributed by atoms with van der Waals surface area (Å²) in [7, 11) is -3.73. The first-order chi connectivity index (χ1) is 15.9. The minimum Gasteiger partial charge on any atom is -0.360 e. The van der Waals surface area contributed by atoms with E-state index >= 15 is 0 Å². The first kappa shape index (κ1) is 23.2. The van der Waals surface area contributed by atoms with Gasteiger partial charge >= 0.3 is 0 Å². The summed E-state index contributed by atoms with van der Waals surface area (Å²) in [6.07, 6.45) is 3.04. The summed E-state index contributed by atoms with van der Waals surface area (Å²) in [5.41, 5.74) is 2.41. The number of allylic oxidation sites excluding steroid dienone is 1. The molecule has 2 aromatic heterocycles. The van der Waals surface area contributed by atoms with Crippen molar-refractivity contribution < 1.29 is 8.42 Å². The molecular formula is C21H13Cl2N5O2S3. The van der Waals surface area contributed by atoms with Crippen LogP contribution in [0.1, 0.15) is 5.01 Å². The maximum atomic E-state index is 12.4. The summed E-state index contributed by atoms with van der Waals surface area (Å²) in [4.78, 5) is 8.53. The van der Waals surface area contributed by atoms with E-state index in [-0.39, 0.29) is 4.90 Å². The fourth-order valence-corrected chi connectivity index (χ4v) is 5.54. The van der Waals surface area contributed by atoms with Gasteiger partial charge in [-0.3, -0.25) is 4.72 Å². The first-order valence-electron chi connectivity index (χ1n) is 9.16. The standard InChI is InChI=1S/C21H13Cl2N5O2S3/c22-17-6-1-13(9-18(17)23)19-12-32-20(27-19)14(10-24)11-26-15-2-4-16(5-3-15)33(29,30)28-21-25-7-8-31-21/h1-9,11-12,26H,(H,25,28). The second kappa shape index (κ2) is 9.91. The number of halogens is 2. The largest absolute Gasteiger partial charge is 0.360 e. The van der Waals surface area contributed by atoms with Gasteiger partial charge in [-0.25, -0.2) is 18.4 Å². The summed E-state index contributed by atoms with van der Waals surface area (Å²) in [5, 5.41) is 17.8. The van der Waals surface area contributed by atoms with Crippen molar-refractivity contribution in [2.45, 2.75) is 4.90 Å². The normalized spacial score (nSPS) is 11.7. The molecule has 12 heteroatoms. The molecule has 2 N–H and O–H groups in total. The van der Waals surface area contributed by atoms with E-state index in [0.717, 1.165) is 5.56 Å². The molecular weight excluding hydrogens is 521 g/mol. The summed E-state index contributed by atoms with van der Waals surface area (Å²) in [5.74, 6) is 0. The van der Waals surface area contributed by atoms with Gasteiger partial charge in [0.05, 0.1) is 20.6 Å². The molecule has 7 nitrogen and oxygen atoms in total. The molecule has 4 rings (SSSR count). The van der Waals surface area contributed by atoms with Crippen molar-refractivity contribution in [1.82, 2.24) is 9.97 Å². The molecule has 0 aliphatic heterocycles. The molecule has 0 spiro atoms. The lowest BCUT2D eigenvalue weighted by molar-refractivity contribution is 0.601. The molecule has 0 aliphatic rings. The Morgan fingerprint density at radius 1 is 1.09 bits per heavy atom. The quantitative estimate of drug-likeness (QED) is 0.268. The van der Waals surface area contributed by atoms with Crippen LogP contribution in [0, 0.1) is 11.3 Å². The second-order valence-electron chi connectivity index (χ2n) is 6.45. The van der Waals surface area contributed by atoms with Gasteiger partial charge in [0, 0.05) is 34.4 Å². The predicted octanol–water partition coefficient (Wildman–Crippen LogP) is 6.35. The molecule has 0 radical (unpaired) electrons. The van der Waals surface area contributed by atoms with Gasteiger partial charge in [0.2, 0.25) is 0 Å². The number of benzene rings is 2. The number of anilines is 2. The van der Waals surface area contributed by atoms with E-state index in [0.29, 0.717) is 37.1 Å². The molecule has 2 heterocycles. The van der Waals surface area contributed by atoms with Gasteiger partial charge in [0.25, 0.3) is 10.0 Å². The molecule has 0 bridgehead atoms. The molecule has 0 atom stereocenters. The second-order valence-corrected chi connectivity index (χ2v) is 10.7. The summed E-state index contributed by atoms with van der Waals surface area (Å²) >= 11 is 14.6. The van der Waals surface area contributed by atoms with E-state index in [1.807, 2.05) is 5.38 Å². The third-order valence-electron chi connectivity index (χ3n) is 4.27. The fraction of sp³-hybridized carbons (Fsp3) is 0. The zero-order valence-electron chi connectivity index (χ0n) is 16.5. The van der Waals surface area contributed by atoms with Crippen molar-refractivity contribution in [3.05, 3.63) is 80.7 Å². The number of sulfonamides is 1. The van der Waals surface area contributed by atoms with Gasteiger partial charge < -0.3 is 5.32 Å². The third-order valence-corrected chi connectivity index (χ3v) is 8.06. The minimum absolute atomic E-state index is 0.0962. The van der Waals surface area contributed by atoms with Gasteiger partial charge in [0.1, 0.15) is 16.6 Å². The SMILES string of the molecule is N#CC(=CNc1ccc(S(=O)(=O)Nc2nccs2)cc1)c1nc(-c2ccc(Cl)c(Cl)c2)cs1. The van der Waals surface area contributed by atoms with E-state index < -0.39 is 10.0 Å². The van der Waals surface area contributed by atoms with E-state index in [1.165, 1.54) is 47.2 Å². The Kier molecular flexibility index (Phi) is 6.97. The zero-order chi connectivity index (χ0) is 23.4. The topological polar surface area (TPSA) is 108 Å². The van der Waals surface area contributed by atoms with Crippen LogP contribution >= 0.6 is 45.9 Å². The molecule has 166 valence electrons. The van der Waals surface area contributed by atoms with Gasteiger partial charge in [0.15, 0.2) is 5.13 Å². The summed E-state index contributed by atoms with van der Waals surface area (Å²) in [6.45, 7) is 0. The minimum atomic E-state index is -3.73. The van der Waals surface area contributed by atoms with Crippen molar-refractivity contribution >= 4 is 72.3 Å². The Labute approximate surface area is 208 Å². The summed E-state index contributed by atoms with van der Waals surface area (Å²) < 4.78 is 27.3. The number of rotatable bonds is 7. The van der Waals surface area contributed by atoms with E-state index in [9.17, 15) is 13.7 Å². The molecule has 0 amide bonds. The molecule has 0 fully saturated rings. The van der Waals surface area contributed by atoms with Gasteiger partial charge in [-0.1, -0.05) is 29.3 Å². The van der Waals surface area contributed by atoms with Crippen molar-refractivity contribution in [2.75, 3.05) is 10.0 Å². The fourth-order valence-electron chi connectivity index (χ4n) is 2.66. The lowest BCUT2D eigenvalue weighted by atomic mass is 10.2. The molecule has 33 heavy (non-hydrogen) atoms. The molecule has 0 unspecified atom stereocenters. The Balaban J connectivity index is 1.48. The van der Waals surface area contributed by atoms with Crippen molar-refractivity contribution in [3.8, 4) is 17.3 Å². The van der Waals surface area contributed by atoms with E-state index in [4.69, 9.17) is 23.2 Å². The van der Waals surface area contributed by atoms with Gasteiger partial charge in [-0.15, -0.1) is 22.7 Å². The summed E-state index contributed by atoms with van der Waals surface area (Å²) in [6, 6.07) is 13.5. The van der Waals surface area contributed by atoms with Crippen molar-refractivity contribution in [1.29, 1.82) is 5.26 Å². The van der Waals surface area contributed by atoms with Gasteiger partial charge in [-0.05, 0) is 36.4 Å². The first-order valence-corrected chi connectivity index (χ1v) is 13.2. The lowest BCUT2D eigenvalue weighted by Gasteiger charge is -2.06. The number of hydrogen-bond donors (Lipinski definition) is 2. The third kappa shape index (κ3) is 5.52. The van der Waals surface area contributed by atoms with Crippen LogP contribution in [0.15, 0.2) is 70.5 Å². The smallest absolute Gasteiger partial charge is 0.263 e. The highest BCUT2D eigenvalue weighted by Crippen LogP contribution is 2.31. The van der Waals surface area contributed by atoms with Crippen LogP contribution in [-0.2, 0) is 10.0 Å². The number of aromatic nitrogens is 2. The van der Waals surface area contributed by atoms with Crippen LogP contribution in [-0.4, -0.2) is 18.4 Å². The molecule has 0 saturated heterocycles. The highest BCUT2D eigenvalue weighted by molar-refractivity contribution is 7.93. The van der Waals surface area contributed by atoms with Crippen LogP contribution in [0.5, 0.6) is 0 Å². The van der Waals surface area contributed by atoms with Gasteiger partial charge in [-0.2, -0.15) is 5.26 Å². The molecule has 4 aromatic rings. The molecule has 0 aliphatic carbocycles. The Bertz CT molecular complexity index is 1460. The maximum Gasteiger partial charge on any atom is 0.263 e. The Morgan fingerprint density at radius 2 is 1.88 bits per heavy atom. The predicted molar refractivity (Wildman–Crippen MR) is 134 cm³/mol. The lowest BCUT2D eigenvalue weighted by Crippen LogP contribution is -2.12. The van der Waals surface area contributed by atoms with Crippen molar-refractivity contribution in [3.63, 3.8) is 0 Å². The Hall–Kier alpha value is -2.94.